The lowest BCUT2D eigenvalue weighted by Gasteiger charge is -2.23. The van der Waals surface area contributed by atoms with Gasteiger partial charge in [-0.3, -0.25) is 4.79 Å². The summed E-state index contributed by atoms with van der Waals surface area (Å²) in [5.74, 6) is -1.03. The van der Waals surface area contributed by atoms with E-state index in [0.717, 1.165) is 19.3 Å². The van der Waals surface area contributed by atoms with Crippen molar-refractivity contribution in [2.45, 2.75) is 44.6 Å². The second-order valence-corrected chi connectivity index (χ2v) is 5.69. The minimum absolute atomic E-state index is 0.136. The Labute approximate surface area is 118 Å². The molecule has 1 aliphatic heterocycles. The number of likely N-dealkylation sites (tertiary alicyclic amines) is 1. The van der Waals surface area contributed by atoms with Gasteiger partial charge in [-0.15, -0.1) is 0 Å². The first kappa shape index (κ1) is 13.2. The van der Waals surface area contributed by atoms with Gasteiger partial charge in [0.15, 0.2) is 0 Å². The van der Waals surface area contributed by atoms with E-state index in [4.69, 9.17) is 0 Å². The molecule has 4 heteroatoms. The molecule has 1 aliphatic carbocycles. The maximum absolute atomic E-state index is 12.5. The first-order chi connectivity index (χ1) is 9.66. The van der Waals surface area contributed by atoms with E-state index >= 15 is 0 Å². The van der Waals surface area contributed by atoms with Gasteiger partial charge in [0, 0.05) is 12.1 Å². The third kappa shape index (κ3) is 2.30. The number of fused-ring (bicyclic) bond motifs is 1. The maximum atomic E-state index is 12.5. The lowest BCUT2D eigenvalue weighted by atomic mass is 9.90. The van der Waals surface area contributed by atoms with Crippen LogP contribution in [0.4, 0.5) is 0 Å². The Hall–Kier alpha value is -1.84. The van der Waals surface area contributed by atoms with Crippen LogP contribution >= 0.6 is 0 Å². The van der Waals surface area contributed by atoms with Crippen molar-refractivity contribution in [1.29, 1.82) is 0 Å². The second kappa shape index (κ2) is 5.27. The molecule has 1 aromatic rings. The maximum Gasteiger partial charge on any atom is 0.326 e. The van der Waals surface area contributed by atoms with Gasteiger partial charge in [-0.2, -0.15) is 0 Å². The number of benzene rings is 1. The van der Waals surface area contributed by atoms with Gasteiger partial charge in [-0.05, 0) is 61.8 Å². The number of nitrogens with zero attached hydrogens (tertiary/aromatic N) is 1. The van der Waals surface area contributed by atoms with Gasteiger partial charge in [0.1, 0.15) is 6.04 Å². The SMILES string of the molecule is O=C(O)[C@@H]1CCCN1C(=O)c1ccc2c(c1)CCCC2. The molecule has 0 radical (unpaired) electrons. The summed E-state index contributed by atoms with van der Waals surface area (Å²) in [5, 5.41) is 9.18. The fourth-order valence-corrected chi connectivity index (χ4v) is 3.30. The van der Waals surface area contributed by atoms with Gasteiger partial charge in [0.2, 0.25) is 0 Å². The van der Waals surface area contributed by atoms with Gasteiger partial charge in [0.05, 0.1) is 0 Å². The zero-order valence-electron chi connectivity index (χ0n) is 11.5. The number of carboxylic acids is 1. The summed E-state index contributed by atoms with van der Waals surface area (Å²) in [5.41, 5.74) is 3.23. The molecule has 106 valence electrons. The molecule has 0 aromatic heterocycles. The summed E-state index contributed by atoms with van der Waals surface area (Å²) in [6.07, 6.45) is 5.84. The minimum Gasteiger partial charge on any atom is -0.480 e. The van der Waals surface area contributed by atoms with E-state index in [2.05, 4.69) is 0 Å². The highest BCUT2D eigenvalue weighted by Gasteiger charge is 2.34. The quantitative estimate of drug-likeness (QED) is 0.899. The highest BCUT2D eigenvalue weighted by Crippen LogP contribution is 2.25. The number of carbonyl (C=O) groups is 2. The Morgan fingerprint density at radius 3 is 2.60 bits per heavy atom. The van der Waals surface area contributed by atoms with Crippen LogP contribution in [-0.2, 0) is 17.6 Å². The molecule has 1 aromatic carbocycles. The number of carbonyl (C=O) groups excluding carboxylic acids is 1. The lowest BCUT2D eigenvalue weighted by molar-refractivity contribution is -0.141. The van der Waals surface area contributed by atoms with Crippen LogP contribution < -0.4 is 0 Å². The van der Waals surface area contributed by atoms with Crippen molar-refractivity contribution in [3.8, 4) is 0 Å². The normalized spacial score (nSPS) is 21.6. The van der Waals surface area contributed by atoms with Crippen LogP contribution in [0.2, 0.25) is 0 Å². The molecule has 4 nitrogen and oxygen atoms in total. The van der Waals surface area contributed by atoms with E-state index in [9.17, 15) is 14.7 Å². The van der Waals surface area contributed by atoms with Gasteiger partial charge >= 0.3 is 5.97 Å². The van der Waals surface area contributed by atoms with E-state index in [-0.39, 0.29) is 5.91 Å². The molecule has 1 fully saturated rings. The molecule has 0 bridgehead atoms. The van der Waals surface area contributed by atoms with Gasteiger partial charge in [-0.1, -0.05) is 6.07 Å². The average molecular weight is 273 g/mol. The largest absolute Gasteiger partial charge is 0.480 e. The van der Waals surface area contributed by atoms with Crippen molar-refractivity contribution in [3.63, 3.8) is 0 Å². The number of hydrogen-bond donors (Lipinski definition) is 1. The van der Waals surface area contributed by atoms with Crippen molar-refractivity contribution in [2.24, 2.45) is 0 Å². The predicted molar refractivity (Wildman–Crippen MR) is 74.8 cm³/mol. The summed E-state index contributed by atoms with van der Waals surface area (Å²) in [6, 6.07) is 5.20. The number of hydrogen-bond acceptors (Lipinski definition) is 2. The Balaban J connectivity index is 1.85. The number of carboxylic acid groups (broad SMARTS) is 1. The predicted octanol–water partition coefficient (Wildman–Crippen LogP) is 2.25. The van der Waals surface area contributed by atoms with Crippen LogP contribution in [0, 0.1) is 0 Å². The first-order valence-corrected chi connectivity index (χ1v) is 7.32. The molecule has 0 saturated carbocycles. The standard InChI is InChI=1S/C16H19NO3/c18-15(17-9-3-6-14(17)16(19)20)13-8-7-11-4-1-2-5-12(11)10-13/h7-8,10,14H,1-6,9H2,(H,19,20)/t14-/m0/s1. The zero-order valence-corrected chi connectivity index (χ0v) is 11.5. The monoisotopic (exact) mass is 273 g/mol. The highest BCUT2D eigenvalue weighted by molar-refractivity contribution is 5.97. The Bertz CT molecular complexity index is 553. The Morgan fingerprint density at radius 2 is 1.85 bits per heavy atom. The van der Waals surface area contributed by atoms with E-state index in [1.165, 1.54) is 28.9 Å². The van der Waals surface area contributed by atoms with Crippen molar-refractivity contribution in [2.75, 3.05) is 6.54 Å². The van der Waals surface area contributed by atoms with Crippen LogP contribution in [-0.4, -0.2) is 34.5 Å². The molecule has 1 amide bonds. The Kier molecular flexibility index (Phi) is 3.47. The lowest BCUT2D eigenvalue weighted by Crippen LogP contribution is -2.40. The molecule has 0 unspecified atom stereocenters. The molecule has 1 heterocycles. The third-order valence-corrected chi connectivity index (χ3v) is 4.39. The Morgan fingerprint density at radius 1 is 1.10 bits per heavy atom. The van der Waals surface area contributed by atoms with E-state index < -0.39 is 12.0 Å². The summed E-state index contributed by atoms with van der Waals surface area (Å²) >= 11 is 0. The smallest absolute Gasteiger partial charge is 0.326 e. The summed E-state index contributed by atoms with van der Waals surface area (Å²) in [7, 11) is 0. The van der Waals surface area contributed by atoms with Crippen LogP contribution in [0.1, 0.15) is 47.2 Å². The topological polar surface area (TPSA) is 57.6 Å². The molecule has 2 aliphatic rings. The number of rotatable bonds is 2. The highest BCUT2D eigenvalue weighted by atomic mass is 16.4. The summed E-state index contributed by atoms with van der Waals surface area (Å²) in [4.78, 5) is 25.2. The van der Waals surface area contributed by atoms with Gasteiger partial charge in [-0.25, -0.2) is 4.79 Å². The molecule has 0 spiro atoms. The van der Waals surface area contributed by atoms with E-state index in [0.29, 0.717) is 18.5 Å². The van der Waals surface area contributed by atoms with Gasteiger partial charge in [0.25, 0.3) is 5.91 Å². The van der Waals surface area contributed by atoms with Crippen LogP contribution in [0.25, 0.3) is 0 Å². The van der Waals surface area contributed by atoms with Crippen molar-refractivity contribution in [1.82, 2.24) is 4.90 Å². The van der Waals surface area contributed by atoms with Crippen molar-refractivity contribution in [3.05, 3.63) is 34.9 Å². The number of amides is 1. The summed E-state index contributed by atoms with van der Waals surface area (Å²) < 4.78 is 0. The van der Waals surface area contributed by atoms with Crippen molar-refractivity contribution < 1.29 is 14.7 Å². The molecule has 1 N–H and O–H groups in total. The first-order valence-electron chi connectivity index (χ1n) is 7.32. The van der Waals surface area contributed by atoms with Gasteiger partial charge < -0.3 is 10.0 Å². The molecule has 1 saturated heterocycles. The zero-order chi connectivity index (χ0) is 14.1. The van der Waals surface area contributed by atoms with Crippen LogP contribution in [0.15, 0.2) is 18.2 Å². The number of aryl methyl sites for hydroxylation is 2. The van der Waals surface area contributed by atoms with Crippen molar-refractivity contribution >= 4 is 11.9 Å². The van der Waals surface area contributed by atoms with E-state index in [1.54, 1.807) is 0 Å². The third-order valence-electron chi connectivity index (χ3n) is 4.39. The summed E-state index contributed by atoms with van der Waals surface area (Å²) in [6.45, 7) is 0.548. The molecule has 20 heavy (non-hydrogen) atoms. The second-order valence-electron chi connectivity index (χ2n) is 5.69. The minimum atomic E-state index is -0.895. The fraction of sp³-hybridized carbons (Fsp3) is 0.500. The molecule has 3 rings (SSSR count). The van der Waals surface area contributed by atoms with Crippen LogP contribution in [0.5, 0.6) is 0 Å². The molecular formula is C16H19NO3. The molecule has 1 atom stereocenters. The fourth-order valence-electron chi connectivity index (χ4n) is 3.30. The van der Waals surface area contributed by atoms with E-state index in [1.807, 2.05) is 18.2 Å². The van der Waals surface area contributed by atoms with Crippen LogP contribution in [0.3, 0.4) is 0 Å². The molecular weight excluding hydrogens is 254 g/mol. The average Bonchev–Trinajstić information content (AvgIpc) is 2.95. The number of aliphatic carboxylic acids is 1.